The monoisotopic (exact) mass is 758 g/mol. The zero-order valence-corrected chi connectivity index (χ0v) is 30.8. The van der Waals surface area contributed by atoms with Gasteiger partial charge < -0.3 is 19.7 Å². The molecule has 2 aromatic carbocycles. The molecule has 2 aromatic rings. The number of ether oxygens (including phenoxy) is 2. The SMILES string of the molecule is CCCN1C2=C(C(=O)CC(C)(C)C2)C(c2cc(I)c(OCC(=O)Nc3ccc(C)c(Cl)c3)c(OCC)c2)C2=C1CC(C)(C)CC2=O. The molecule has 1 N–H and O–H groups in total. The molecule has 0 saturated carbocycles. The van der Waals surface area contributed by atoms with Gasteiger partial charge in [-0.25, -0.2) is 0 Å². The highest BCUT2D eigenvalue weighted by Gasteiger charge is 2.49. The van der Waals surface area contributed by atoms with Crippen LogP contribution in [-0.4, -0.2) is 42.1 Å². The van der Waals surface area contributed by atoms with Crippen molar-refractivity contribution in [3.8, 4) is 11.5 Å². The highest BCUT2D eigenvalue weighted by Crippen LogP contribution is 2.55. The van der Waals surface area contributed by atoms with Gasteiger partial charge in [-0.15, -0.1) is 0 Å². The van der Waals surface area contributed by atoms with Gasteiger partial charge >= 0.3 is 0 Å². The Labute approximate surface area is 291 Å². The summed E-state index contributed by atoms with van der Waals surface area (Å²) in [6.45, 7) is 15.4. The number of aryl methyl sites for hydroxylation is 1. The minimum absolute atomic E-state index is 0.0997. The van der Waals surface area contributed by atoms with Crippen molar-refractivity contribution in [2.45, 2.75) is 86.5 Å². The van der Waals surface area contributed by atoms with Crippen molar-refractivity contribution < 1.29 is 23.9 Å². The Kier molecular flexibility index (Phi) is 10.00. The van der Waals surface area contributed by atoms with Crippen molar-refractivity contribution in [2.75, 3.05) is 25.1 Å². The molecule has 0 spiro atoms. The van der Waals surface area contributed by atoms with Crippen LogP contribution in [0.5, 0.6) is 11.5 Å². The van der Waals surface area contributed by atoms with Gasteiger partial charge in [0.15, 0.2) is 29.7 Å². The Morgan fingerprint density at radius 3 is 2.11 bits per heavy atom. The fraction of sp³-hybridized carbons (Fsp3) is 0.486. The fourth-order valence-corrected chi connectivity index (χ4v) is 8.00. The zero-order chi connectivity index (χ0) is 33.6. The minimum Gasteiger partial charge on any atom is -0.490 e. The Hall–Kier alpha value is -2.85. The van der Waals surface area contributed by atoms with Crippen LogP contribution in [0.25, 0.3) is 0 Å². The quantitative estimate of drug-likeness (QED) is 0.258. The lowest BCUT2D eigenvalue weighted by Crippen LogP contribution is -2.44. The standard InChI is InChI=1S/C37H44ClIN2O5/c1-8-12-41-26-16-36(4,5)18-28(42)33(26)32(34-27(41)17-37(6,7)19-29(34)43)22-13-25(39)35(30(14-22)45-9-2)46-20-31(44)40-23-11-10-21(3)24(38)15-23/h10-11,13-15,32H,8-9,12,16-20H2,1-7H3,(H,40,44). The van der Waals surface area contributed by atoms with E-state index in [2.05, 4.69) is 67.4 Å². The molecule has 46 heavy (non-hydrogen) atoms. The summed E-state index contributed by atoms with van der Waals surface area (Å²) in [5.41, 5.74) is 5.57. The number of halogens is 2. The molecule has 0 fully saturated rings. The van der Waals surface area contributed by atoms with Crippen LogP contribution < -0.4 is 14.8 Å². The molecular formula is C37H44ClIN2O5. The number of Topliss-reactive ketones (excluding diaryl/α,β-unsaturated/α-hetero) is 2. The van der Waals surface area contributed by atoms with Gasteiger partial charge in [-0.05, 0) is 102 Å². The van der Waals surface area contributed by atoms with Crippen molar-refractivity contribution in [1.29, 1.82) is 0 Å². The number of hydrogen-bond donors (Lipinski definition) is 1. The van der Waals surface area contributed by atoms with Gasteiger partial charge in [-0.1, -0.05) is 52.3 Å². The summed E-state index contributed by atoms with van der Waals surface area (Å²) in [4.78, 5) is 43.3. The van der Waals surface area contributed by atoms with E-state index in [1.807, 2.05) is 32.0 Å². The van der Waals surface area contributed by atoms with Crippen LogP contribution in [0.3, 0.4) is 0 Å². The summed E-state index contributed by atoms with van der Waals surface area (Å²) in [7, 11) is 0. The maximum Gasteiger partial charge on any atom is 0.262 e. The second kappa shape index (κ2) is 13.3. The molecule has 1 aliphatic heterocycles. The zero-order valence-electron chi connectivity index (χ0n) is 27.9. The van der Waals surface area contributed by atoms with Gasteiger partial charge in [0.05, 0.1) is 10.2 Å². The third-order valence-electron chi connectivity index (χ3n) is 8.94. The van der Waals surface area contributed by atoms with Crippen LogP contribution in [-0.2, 0) is 14.4 Å². The Morgan fingerprint density at radius 1 is 0.957 bits per heavy atom. The van der Waals surface area contributed by atoms with Crippen LogP contribution in [0, 0.1) is 21.3 Å². The second-order valence-electron chi connectivity index (χ2n) is 14.3. The average Bonchev–Trinajstić information content (AvgIpc) is 2.94. The van der Waals surface area contributed by atoms with E-state index < -0.39 is 5.92 Å². The maximum atomic E-state index is 14.1. The Morgan fingerprint density at radius 2 is 1.57 bits per heavy atom. The predicted octanol–water partition coefficient (Wildman–Crippen LogP) is 8.76. The molecule has 9 heteroatoms. The van der Waals surface area contributed by atoms with Crippen LogP contribution in [0.15, 0.2) is 52.9 Å². The molecule has 1 heterocycles. The van der Waals surface area contributed by atoms with Crippen molar-refractivity contribution in [1.82, 2.24) is 4.90 Å². The molecule has 0 aromatic heterocycles. The van der Waals surface area contributed by atoms with Crippen molar-refractivity contribution >= 4 is 57.4 Å². The van der Waals surface area contributed by atoms with Gasteiger partial charge in [0.1, 0.15) is 0 Å². The number of carbonyl (C=O) groups is 3. The third-order valence-corrected chi connectivity index (χ3v) is 10.1. The van der Waals surface area contributed by atoms with E-state index in [1.165, 1.54) is 0 Å². The summed E-state index contributed by atoms with van der Waals surface area (Å²) in [5.74, 6) is 0.304. The first kappa shape index (κ1) is 34.5. The molecule has 0 atom stereocenters. The van der Waals surface area contributed by atoms with Crippen molar-refractivity contribution in [2.24, 2.45) is 10.8 Å². The van der Waals surface area contributed by atoms with Crippen LogP contribution in [0.2, 0.25) is 5.02 Å². The van der Waals surface area contributed by atoms with Gasteiger partial charge in [0, 0.05) is 58.6 Å². The van der Waals surface area contributed by atoms with Gasteiger partial charge in [0.25, 0.3) is 5.91 Å². The molecule has 246 valence electrons. The number of rotatable bonds is 9. The molecule has 0 radical (unpaired) electrons. The van der Waals surface area contributed by atoms with Crippen LogP contribution in [0.4, 0.5) is 5.69 Å². The van der Waals surface area contributed by atoms with Gasteiger partial charge in [-0.2, -0.15) is 0 Å². The molecule has 1 amide bonds. The van der Waals surface area contributed by atoms with Crippen molar-refractivity contribution in [3.05, 3.63) is 72.6 Å². The van der Waals surface area contributed by atoms with E-state index in [-0.39, 0.29) is 34.9 Å². The van der Waals surface area contributed by atoms with E-state index in [0.29, 0.717) is 41.7 Å². The summed E-state index contributed by atoms with van der Waals surface area (Å²) < 4.78 is 12.9. The van der Waals surface area contributed by atoms with Crippen LogP contribution >= 0.6 is 34.2 Å². The van der Waals surface area contributed by atoms with E-state index in [4.69, 9.17) is 21.1 Å². The number of ketones is 2. The predicted molar refractivity (Wildman–Crippen MR) is 190 cm³/mol. The van der Waals surface area contributed by atoms with Crippen LogP contribution in [0.1, 0.15) is 90.7 Å². The first-order valence-corrected chi connectivity index (χ1v) is 17.6. The molecule has 2 aliphatic carbocycles. The first-order valence-electron chi connectivity index (χ1n) is 16.1. The van der Waals surface area contributed by atoms with Gasteiger partial charge in [0.2, 0.25) is 0 Å². The number of nitrogens with zero attached hydrogens (tertiary/aromatic N) is 1. The average molecular weight is 759 g/mol. The number of carbonyl (C=O) groups excluding carboxylic acids is 3. The number of nitrogens with one attached hydrogen (secondary N) is 1. The molecule has 0 bridgehead atoms. The lowest BCUT2D eigenvalue weighted by molar-refractivity contribution is -0.120. The highest BCUT2D eigenvalue weighted by molar-refractivity contribution is 14.1. The Balaban J connectivity index is 1.56. The number of benzene rings is 2. The fourth-order valence-electron chi connectivity index (χ4n) is 7.04. The third kappa shape index (κ3) is 7.03. The number of hydrogen-bond acceptors (Lipinski definition) is 6. The summed E-state index contributed by atoms with van der Waals surface area (Å²) in [6, 6.07) is 9.22. The largest absolute Gasteiger partial charge is 0.490 e. The summed E-state index contributed by atoms with van der Waals surface area (Å²) in [5, 5.41) is 3.40. The van der Waals surface area contributed by atoms with E-state index in [9.17, 15) is 14.4 Å². The minimum atomic E-state index is -0.485. The highest BCUT2D eigenvalue weighted by atomic mass is 127. The first-order chi connectivity index (χ1) is 21.6. The maximum absolute atomic E-state index is 14.1. The smallest absolute Gasteiger partial charge is 0.262 e. The normalized spacial score (nSPS) is 19.2. The Bertz CT molecular complexity index is 1600. The lowest BCUT2D eigenvalue weighted by Gasteiger charge is -2.49. The molecule has 5 rings (SSSR count). The van der Waals surface area contributed by atoms with E-state index >= 15 is 0 Å². The van der Waals surface area contributed by atoms with E-state index in [0.717, 1.165) is 63.0 Å². The molecule has 3 aliphatic rings. The second-order valence-corrected chi connectivity index (χ2v) is 15.8. The summed E-state index contributed by atoms with van der Waals surface area (Å²) >= 11 is 8.42. The van der Waals surface area contributed by atoms with Crippen molar-refractivity contribution in [3.63, 3.8) is 0 Å². The van der Waals surface area contributed by atoms with Gasteiger partial charge in [-0.3, -0.25) is 14.4 Å². The molecule has 7 nitrogen and oxygen atoms in total. The summed E-state index contributed by atoms with van der Waals surface area (Å²) in [6.07, 6.45) is 3.32. The molecule has 0 unspecified atom stereocenters. The number of allylic oxidation sites excluding steroid dienone is 4. The molecular weight excluding hydrogens is 715 g/mol. The lowest BCUT2D eigenvalue weighted by atomic mass is 9.63. The number of anilines is 1. The number of amides is 1. The molecule has 0 saturated heterocycles. The van der Waals surface area contributed by atoms with E-state index in [1.54, 1.807) is 12.1 Å². The topological polar surface area (TPSA) is 84.9 Å².